The summed E-state index contributed by atoms with van der Waals surface area (Å²) in [6, 6.07) is 0. The molecule has 0 amide bonds. The van der Waals surface area contributed by atoms with E-state index >= 15 is 0 Å². The number of aliphatic hydroxyl groups is 1. The Morgan fingerprint density at radius 2 is 1.88 bits per heavy atom. The molecule has 0 saturated heterocycles. The number of aryl methyl sites for hydroxylation is 1. The number of rotatable bonds is 8. The summed E-state index contributed by atoms with van der Waals surface area (Å²) in [6.07, 6.45) is 4.28. The first-order chi connectivity index (χ1) is 11.4. The van der Waals surface area contributed by atoms with Crippen LogP contribution in [0.4, 0.5) is 0 Å². The van der Waals surface area contributed by atoms with Gasteiger partial charge in [-0.2, -0.15) is 0 Å². The zero-order valence-corrected chi connectivity index (χ0v) is 14.1. The van der Waals surface area contributed by atoms with Crippen molar-refractivity contribution in [1.82, 2.24) is 23.6 Å². The lowest BCUT2D eigenvalue weighted by Gasteiger charge is -2.22. The Morgan fingerprint density at radius 3 is 2.46 bits per heavy atom. The normalized spacial score (nSPS) is 12.7. The summed E-state index contributed by atoms with van der Waals surface area (Å²) in [6.45, 7) is 9.26. The highest BCUT2D eigenvalue weighted by Gasteiger charge is 2.17. The molecule has 0 aromatic carbocycles. The van der Waals surface area contributed by atoms with E-state index in [0.717, 1.165) is 4.57 Å². The van der Waals surface area contributed by atoms with Gasteiger partial charge in [0.05, 0.1) is 19.0 Å². The molecule has 2 heterocycles. The van der Waals surface area contributed by atoms with Gasteiger partial charge in [-0.1, -0.05) is 12.2 Å². The van der Waals surface area contributed by atoms with Crippen molar-refractivity contribution in [3.05, 3.63) is 52.5 Å². The molecule has 1 atom stereocenters. The maximum absolute atomic E-state index is 12.4. The lowest BCUT2D eigenvalue weighted by Crippen LogP contribution is -2.38. The van der Waals surface area contributed by atoms with Crippen molar-refractivity contribution in [2.24, 2.45) is 14.1 Å². The van der Waals surface area contributed by atoms with Crippen LogP contribution in [0.1, 0.15) is 0 Å². The molecule has 0 spiro atoms. The summed E-state index contributed by atoms with van der Waals surface area (Å²) in [5, 5.41) is 10.4. The lowest BCUT2D eigenvalue weighted by molar-refractivity contribution is 0.109. The highest BCUT2D eigenvalue weighted by Crippen LogP contribution is 2.07. The van der Waals surface area contributed by atoms with Crippen LogP contribution in [0, 0.1) is 0 Å². The molecule has 1 N–H and O–H groups in total. The summed E-state index contributed by atoms with van der Waals surface area (Å²) in [4.78, 5) is 30.4. The topological polar surface area (TPSA) is 85.3 Å². The highest BCUT2D eigenvalue weighted by atomic mass is 16.3. The summed E-state index contributed by atoms with van der Waals surface area (Å²) >= 11 is 0. The van der Waals surface area contributed by atoms with E-state index < -0.39 is 17.4 Å². The van der Waals surface area contributed by atoms with Gasteiger partial charge in [0.15, 0.2) is 11.2 Å². The molecule has 2 rings (SSSR count). The SMILES string of the molecule is C=CCN(CC=C)CC(O)Cn1cnc2c1c(=O)n(C)c(=O)n2C. The molecule has 2 aromatic rings. The van der Waals surface area contributed by atoms with Crippen LogP contribution < -0.4 is 11.2 Å². The molecule has 0 aliphatic rings. The molecule has 24 heavy (non-hydrogen) atoms. The molecule has 0 radical (unpaired) electrons. The van der Waals surface area contributed by atoms with E-state index in [-0.39, 0.29) is 6.54 Å². The smallest absolute Gasteiger partial charge is 0.332 e. The lowest BCUT2D eigenvalue weighted by atomic mass is 10.3. The second-order valence-electron chi connectivity index (χ2n) is 5.72. The van der Waals surface area contributed by atoms with Gasteiger partial charge in [0.2, 0.25) is 0 Å². The Bertz CT molecular complexity index is 851. The number of aliphatic hydroxyl groups excluding tert-OH is 1. The van der Waals surface area contributed by atoms with Crippen LogP contribution in [0.25, 0.3) is 11.2 Å². The maximum Gasteiger partial charge on any atom is 0.332 e. The third-order valence-electron chi connectivity index (χ3n) is 3.87. The van der Waals surface area contributed by atoms with Gasteiger partial charge in [-0.05, 0) is 0 Å². The van der Waals surface area contributed by atoms with Crippen LogP contribution in [0.5, 0.6) is 0 Å². The third kappa shape index (κ3) is 3.39. The van der Waals surface area contributed by atoms with E-state index in [0.29, 0.717) is 30.8 Å². The summed E-state index contributed by atoms with van der Waals surface area (Å²) in [5.74, 6) is 0. The molecule has 0 aliphatic heterocycles. The van der Waals surface area contributed by atoms with Crippen molar-refractivity contribution in [2.75, 3.05) is 19.6 Å². The van der Waals surface area contributed by atoms with Crippen molar-refractivity contribution in [1.29, 1.82) is 0 Å². The Labute approximate surface area is 139 Å². The quantitative estimate of drug-likeness (QED) is 0.657. The first-order valence-electron chi connectivity index (χ1n) is 7.63. The van der Waals surface area contributed by atoms with E-state index in [4.69, 9.17) is 0 Å². The number of imidazole rings is 1. The Morgan fingerprint density at radius 1 is 1.25 bits per heavy atom. The largest absolute Gasteiger partial charge is 0.390 e. The Balaban J connectivity index is 2.30. The zero-order valence-electron chi connectivity index (χ0n) is 14.1. The van der Waals surface area contributed by atoms with Gasteiger partial charge in [0.25, 0.3) is 5.56 Å². The van der Waals surface area contributed by atoms with Crippen molar-refractivity contribution in [3.8, 4) is 0 Å². The average molecular weight is 333 g/mol. The van der Waals surface area contributed by atoms with Crippen molar-refractivity contribution in [3.63, 3.8) is 0 Å². The van der Waals surface area contributed by atoms with Gasteiger partial charge in [-0.15, -0.1) is 13.2 Å². The summed E-state index contributed by atoms with van der Waals surface area (Å²) in [5.41, 5.74) is -0.241. The van der Waals surface area contributed by atoms with Crippen molar-refractivity contribution < 1.29 is 5.11 Å². The first kappa shape index (κ1) is 17.9. The number of aromatic nitrogens is 4. The predicted molar refractivity (Wildman–Crippen MR) is 93.1 cm³/mol. The van der Waals surface area contributed by atoms with Crippen molar-refractivity contribution >= 4 is 11.2 Å². The molecule has 0 fully saturated rings. The average Bonchev–Trinajstić information content (AvgIpc) is 2.95. The van der Waals surface area contributed by atoms with Crippen LogP contribution in [0.3, 0.4) is 0 Å². The van der Waals surface area contributed by atoms with Crippen molar-refractivity contribution in [2.45, 2.75) is 12.6 Å². The standard InChI is InChI=1S/C16H23N5O3/c1-5-7-20(8-6-2)9-12(22)10-21-11-17-14-13(21)15(23)19(4)16(24)18(14)3/h5-6,11-12,22H,1-2,7-10H2,3-4H3. The van der Waals surface area contributed by atoms with Gasteiger partial charge >= 0.3 is 5.69 Å². The van der Waals surface area contributed by atoms with Crippen LogP contribution >= 0.6 is 0 Å². The second kappa shape index (κ2) is 7.41. The van der Waals surface area contributed by atoms with Gasteiger partial charge in [0.1, 0.15) is 0 Å². The molecule has 8 heteroatoms. The molecular weight excluding hydrogens is 310 g/mol. The second-order valence-corrected chi connectivity index (χ2v) is 5.72. The molecule has 8 nitrogen and oxygen atoms in total. The number of hydrogen-bond donors (Lipinski definition) is 1. The molecule has 0 aliphatic carbocycles. The molecule has 130 valence electrons. The minimum atomic E-state index is -0.704. The zero-order chi connectivity index (χ0) is 17.9. The van der Waals surface area contributed by atoms with Gasteiger partial charge in [0, 0.05) is 33.7 Å². The van der Waals surface area contributed by atoms with E-state index in [1.54, 1.807) is 23.8 Å². The summed E-state index contributed by atoms with van der Waals surface area (Å²) in [7, 11) is 2.99. The highest BCUT2D eigenvalue weighted by molar-refractivity contribution is 5.69. The molecular formula is C16H23N5O3. The van der Waals surface area contributed by atoms with E-state index in [1.807, 2.05) is 4.90 Å². The number of fused-ring (bicyclic) bond motifs is 1. The monoisotopic (exact) mass is 333 g/mol. The Kier molecular flexibility index (Phi) is 5.53. The third-order valence-corrected chi connectivity index (χ3v) is 3.87. The van der Waals surface area contributed by atoms with Gasteiger partial charge < -0.3 is 9.67 Å². The van der Waals surface area contributed by atoms with Gasteiger partial charge in [-0.3, -0.25) is 18.8 Å². The minimum absolute atomic E-state index is 0.203. The van der Waals surface area contributed by atoms with Gasteiger partial charge in [-0.25, -0.2) is 9.78 Å². The van der Waals surface area contributed by atoms with E-state index in [9.17, 15) is 14.7 Å². The van der Waals surface area contributed by atoms with Crippen LogP contribution in [-0.4, -0.2) is 54.4 Å². The molecule has 1 unspecified atom stereocenters. The predicted octanol–water partition coefficient (Wildman–Crippen LogP) is -0.531. The fraction of sp³-hybridized carbons (Fsp3) is 0.438. The first-order valence-corrected chi connectivity index (χ1v) is 7.63. The number of nitrogens with zero attached hydrogens (tertiary/aromatic N) is 5. The Hall–Kier alpha value is -2.45. The van der Waals surface area contributed by atoms with Crippen LogP contribution in [0.15, 0.2) is 41.2 Å². The molecule has 0 bridgehead atoms. The fourth-order valence-electron chi connectivity index (χ4n) is 2.71. The fourth-order valence-corrected chi connectivity index (χ4v) is 2.71. The molecule has 0 saturated carbocycles. The maximum atomic E-state index is 12.4. The van der Waals surface area contributed by atoms with E-state index in [2.05, 4.69) is 18.1 Å². The minimum Gasteiger partial charge on any atom is -0.390 e. The van der Waals surface area contributed by atoms with Crippen LogP contribution in [0.2, 0.25) is 0 Å². The van der Waals surface area contributed by atoms with E-state index in [1.165, 1.54) is 17.9 Å². The molecule has 2 aromatic heterocycles. The van der Waals surface area contributed by atoms with Crippen LogP contribution in [-0.2, 0) is 20.6 Å². The summed E-state index contributed by atoms with van der Waals surface area (Å²) < 4.78 is 3.94. The number of hydrogen-bond acceptors (Lipinski definition) is 5.